The predicted molar refractivity (Wildman–Crippen MR) is 100 cm³/mol. The van der Waals surface area contributed by atoms with Crippen molar-refractivity contribution in [1.29, 1.82) is 0 Å². The highest BCUT2D eigenvalue weighted by atomic mass is 79.9. The second-order valence-electron chi connectivity index (χ2n) is 6.50. The number of nitrogens with zero attached hydrogens (tertiary/aromatic N) is 1. The summed E-state index contributed by atoms with van der Waals surface area (Å²) < 4.78 is 6.07. The highest BCUT2D eigenvalue weighted by molar-refractivity contribution is 9.10. The minimum atomic E-state index is -1.33. The molecule has 0 radical (unpaired) electrons. The third-order valence-corrected chi connectivity index (χ3v) is 5.43. The van der Waals surface area contributed by atoms with Crippen molar-refractivity contribution in [2.45, 2.75) is 12.1 Å². The molecule has 2 aromatic rings. The molecule has 1 fully saturated rings. The molecule has 1 saturated heterocycles. The number of halogens is 1. The standard InChI is InChI=1S/C19H16BrN3O4/c1-27-14-6-7-15-11(8-14)9-23(16(15)24)10-19(17(25)21-18(26)22-19)12-2-4-13(20)5-3-12/h2-8H,9-10H2,1H3,(H2,21,22,25,26). The van der Waals surface area contributed by atoms with Gasteiger partial charge in [0.05, 0.1) is 13.7 Å². The molecule has 0 aromatic heterocycles. The van der Waals surface area contributed by atoms with Gasteiger partial charge in [-0.05, 0) is 41.5 Å². The molecule has 1 unspecified atom stereocenters. The van der Waals surface area contributed by atoms with Crippen molar-refractivity contribution < 1.29 is 19.1 Å². The number of carbonyl (C=O) groups is 3. The average molecular weight is 430 g/mol. The lowest BCUT2D eigenvalue weighted by Crippen LogP contribution is -2.52. The van der Waals surface area contributed by atoms with Crippen LogP contribution < -0.4 is 15.4 Å². The highest BCUT2D eigenvalue weighted by Crippen LogP contribution is 2.32. The van der Waals surface area contributed by atoms with Gasteiger partial charge in [-0.2, -0.15) is 0 Å². The first kappa shape index (κ1) is 17.5. The van der Waals surface area contributed by atoms with Gasteiger partial charge >= 0.3 is 6.03 Å². The zero-order valence-electron chi connectivity index (χ0n) is 14.4. The van der Waals surface area contributed by atoms with Crippen molar-refractivity contribution in [2.75, 3.05) is 13.7 Å². The predicted octanol–water partition coefficient (Wildman–Crippen LogP) is 2.15. The molecule has 7 nitrogen and oxygen atoms in total. The monoisotopic (exact) mass is 429 g/mol. The smallest absolute Gasteiger partial charge is 0.322 e. The van der Waals surface area contributed by atoms with E-state index in [1.807, 2.05) is 6.07 Å². The molecule has 0 bridgehead atoms. The first-order valence-corrected chi connectivity index (χ1v) is 9.08. The molecule has 2 aliphatic heterocycles. The minimum absolute atomic E-state index is 0.0298. The number of carbonyl (C=O) groups excluding carboxylic acids is 3. The minimum Gasteiger partial charge on any atom is -0.497 e. The fourth-order valence-corrected chi connectivity index (χ4v) is 3.79. The first-order chi connectivity index (χ1) is 12.9. The zero-order chi connectivity index (χ0) is 19.2. The summed E-state index contributed by atoms with van der Waals surface area (Å²) in [4.78, 5) is 39.0. The van der Waals surface area contributed by atoms with Crippen LogP contribution in [0.1, 0.15) is 21.5 Å². The molecular formula is C19H16BrN3O4. The molecule has 1 atom stereocenters. The van der Waals surface area contributed by atoms with Crippen molar-refractivity contribution in [3.63, 3.8) is 0 Å². The molecule has 138 valence electrons. The Labute approximate surface area is 163 Å². The van der Waals surface area contributed by atoms with Gasteiger partial charge in [-0.25, -0.2) is 4.79 Å². The van der Waals surface area contributed by atoms with Crippen LogP contribution in [0.15, 0.2) is 46.9 Å². The molecule has 2 aromatic carbocycles. The number of nitrogens with one attached hydrogen (secondary N) is 2. The van der Waals surface area contributed by atoms with Crippen molar-refractivity contribution in [3.8, 4) is 5.75 Å². The van der Waals surface area contributed by atoms with Crippen LogP contribution in [0.2, 0.25) is 0 Å². The molecule has 4 amide bonds. The molecule has 0 saturated carbocycles. The van der Waals surface area contributed by atoms with Gasteiger partial charge < -0.3 is 15.0 Å². The molecule has 2 aliphatic rings. The van der Waals surface area contributed by atoms with Gasteiger partial charge in [0.2, 0.25) is 0 Å². The summed E-state index contributed by atoms with van der Waals surface area (Å²) >= 11 is 3.37. The largest absolute Gasteiger partial charge is 0.497 e. The van der Waals surface area contributed by atoms with Crippen LogP contribution >= 0.6 is 15.9 Å². The first-order valence-electron chi connectivity index (χ1n) is 8.29. The van der Waals surface area contributed by atoms with E-state index >= 15 is 0 Å². The number of hydrogen-bond donors (Lipinski definition) is 2. The van der Waals surface area contributed by atoms with Gasteiger partial charge in [-0.3, -0.25) is 14.9 Å². The third kappa shape index (κ3) is 2.86. The van der Waals surface area contributed by atoms with E-state index in [4.69, 9.17) is 4.74 Å². The highest BCUT2D eigenvalue weighted by Gasteiger charge is 2.50. The Morgan fingerprint density at radius 2 is 1.89 bits per heavy atom. The fourth-order valence-electron chi connectivity index (χ4n) is 3.53. The maximum absolute atomic E-state index is 12.8. The number of amides is 4. The van der Waals surface area contributed by atoms with E-state index in [9.17, 15) is 14.4 Å². The van der Waals surface area contributed by atoms with E-state index in [0.29, 0.717) is 23.4 Å². The van der Waals surface area contributed by atoms with Crippen LogP contribution in [0.5, 0.6) is 5.75 Å². The summed E-state index contributed by atoms with van der Waals surface area (Å²) in [6, 6.07) is 11.8. The Morgan fingerprint density at radius 3 is 2.52 bits per heavy atom. The molecule has 8 heteroatoms. The Kier molecular flexibility index (Phi) is 4.15. The number of fused-ring (bicyclic) bond motifs is 1. The third-order valence-electron chi connectivity index (χ3n) is 4.90. The quantitative estimate of drug-likeness (QED) is 0.728. The van der Waals surface area contributed by atoms with Gasteiger partial charge in [0, 0.05) is 16.6 Å². The number of rotatable bonds is 4. The lowest BCUT2D eigenvalue weighted by Gasteiger charge is -2.31. The summed E-state index contributed by atoms with van der Waals surface area (Å²) in [6.07, 6.45) is 0. The molecular weight excluding hydrogens is 414 g/mol. The number of imide groups is 1. The van der Waals surface area contributed by atoms with Crippen LogP contribution in [0.25, 0.3) is 0 Å². The lowest BCUT2D eigenvalue weighted by atomic mass is 9.89. The number of methoxy groups -OCH3 is 1. The van der Waals surface area contributed by atoms with Crippen molar-refractivity contribution in [3.05, 3.63) is 63.6 Å². The van der Waals surface area contributed by atoms with Gasteiger partial charge in [-0.1, -0.05) is 28.1 Å². The zero-order valence-corrected chi connectivity index (χ0v) is 16.0. The van der Waals surface area contributed by atoms with Crippen LogP contribution in [0.4, 0.5) is 4.79 Å². The number of benzene rings is 2. The second kappa shape index (κ2) is 6.38. The maximum Gasteiger partial charge on any atom is 0.322 e. The number of hydrogen-bond acceptors (Lipinski definition) is 4. The SMILES string of the molecule is COc1ccc2c(c1)CN(CC1(c3ccc(Br)cc3)NC(=O)NC1=O)C2=O. The molecule has 0 spiro atoms. The molecule has 2 N–H and O–H groups in total. The summed E-state index contributed by atoms with van der Waals surface area (Å²) in [5.41, 5.74) is 0.677. The van der Waals surface area contributed by atoms with E-state index in [2.05, 4.69) is 26.6 Å². The Bertz CT molecular complexity index is 960. The Morgan fingerprint density at radius 1 is 1.15 bits per heavy atom. The van der Waals surface area contributed by atoms with Crippen LogP contribution in [-0.4, -0.2) is 36.4 Å². The van der Waals surface area contributed by atoms with Crippen LogP contribution in [0, 0.1) is 0 Å². The molecule has 0 aliphatic carbocycles. The summed E-state index contributed by atoms with van der Waals surface area (Å²) in [5, 5.41) is 5.01. The topological polar surface area (TPSA) is 87.7 Å². The molecule has 4 rings (SSSR count). The van der Waals surface area contributed by atoms with Crippen LogP contribution in [-0.2, 0) is 16.9 Å². The summed E-state index contributed by atoms with van der Waals surface area (Å²) in [5.74, 6) is 0.00665. The number of urea groups is 1. The van der Waals surface area contributed by atoms with Gasteiger partial charge in [0.25, 0.3) is 11.8 Å². The summed E-state index contributed by atoms with van der Waals surface area (Å²) in [7, 11) is 1.57. The van der Waals surface area contributed by atoms with Crippen molar-refractivity contribution >= 4 is 33.8 Å². The fraction of sp³-hybridized carbons (Fsp3) is 0.211. The Balaban J connectivity index is 1.69. The van der Waals surface area contributed by atoms with E-state index in [-0.39, 0.29) is 12.5 Å². The average Bonchev–Trinajstić information content (AvgIpc) is 3.11. The summed E-state index contributed by atoms with van der Waals surface area (Å²) in [6.45, 7) is 0.370. The van der Waals surface area contributed by atoms with E-state index in [1.54, 1.807) is 48.4 Å². The molecule has 2 heterocycles. The Hall–Kier alpha value is -2.87. The van der Waals surface area contributed by atoms with Crippen LogP contribution in [0.3, 0.4) is 0 Å². The lowest BCUT2D eigenvalue weighted by molar-refractivity contribution is -0.124. The van der Waals surface area contributed by atoms with Crippen molar-refractivity contribution in [2.24, 2.45) is 0 Å². The van der Waals surface area contributed by atoms with E-state index in [1.165, 1.54) is 0 Å². The van der Waals surface area contributed by atoms with Gasteiger partial charge in [0.1, 0.15) is 5.75 Å². The van der Waals surface area contributed by atoms with E-state index in [0.717, 1.165) is 10.0 Å². The maximum atomic E-state index is 12.8. The van der Waals surface area contributed by atoms with Gasteiger partial charge in [0.15, 0.2) is 5.54 Å². The van der Waals surface area contributed by atoms with Crippen molar-refractivity contribution in [1.82, 2.24) is 15.5 Å². The van der Waals surface area contributed by atoms with Gasteiger partial charge in [-0.15, -0.1) is 0 Å². The second-order valence-corrected chi connectivity index (χ2v) is 7.42. The molecule has 27 heavy (non-hydrogen) atoms. The number of ether oxygens (including phenoxy) is 1. The normalized spacial score (nSPS) is 21.1. The van der Waals surface area contributed by atoms with E-state index < -0.39 is 17.5 Å².